The fourth-order valence-electron chi connectivity index (χ4n) is 3.27. The third kappa shape index (κ3) is 2.80. The highest BCUT2D eigenvalue weighted by Crippen LogP contribution is 2.34. The van der Waals surface area contributed by atoms with Crippen molar-refractivity contribution in [3.63, 3.8) is 0 Å². The van der Waals surface area contributed by atoms with Crippen LogP contribution in [0.1, 0.15) is 49.3 Å². The number of rotatable bonds is 4. The minimum absolute atomic E-state index is 0.771. The highest BCUT2D eigenvalue weighted by Gasteiger charge is 2.15. The maximum absolute atomic E-state index is 5.54. The molecule has 0 atom stereocenters. The Morgan fingerprint density at radius 1 is 1.05 bits per heavy atom. The van der Waals surface area contributed by atoms with Crippen molar-refractivity contribution in [3.05, 3.63) is 47.9 Å². The molecule has 0 spiro atoms. The summed E-state index contributed by atoms with van der Waals surface area (Å²) in [5.74, 6) is 1.79. The molecule has 20 heavy (non-hydrogen) atoms. The lowest BCUT2D eigenvalue weighted by atomic mass is 9.84. The van der Waals surface area contributed by atoms with E-state index in [2.05, 4.69) is 35.6 Å². The van der Waals surface area contributed by atoms with Gasteiger partial charge in [-0.3, -0.25) is 0 Å². The van der Waals surface area contributed by atoms with Crippen LogP contribution >= 0.6 is 0 Å². The van der Waals surface area contributed by atoms with Gasteiger partial charge in [0.15, 0.2) is 0 Å². The average molecular weight is 269 g/mol. The molecule has 2 nitrogen and oxygen atoms in total. The zero-order valence-electron chi connectivity index (χ0n) is 12.2. The van der Waals surface area contributed by atoms with Crippen LogP contribution < -0.4 is 5.32 Å². The van der Waals surface area contributed by atoms with Crippen LogP contribution in [0.15, 0.2) is 41.0 Å². The van der Waals surface area contributed by atoms with E-state index < -0.39 is 0 Å². The number of nitrogens with one attached hydrogen (secondary N) is 1. The molecule has 1 aromatic heterocycles. The third-order valence-electron chi connectivity index (χ3n) is 4.38. The molecule has 0 unspecified atom stereocenters. The van der Waals surface area contributed by atoms with Gasteiger partial charge < -0.3 is 9.73 Å². The second kappa shape index (κ2) is 6.27. The van der Waals surface area contributed by atoms with Gasteiger partial charge in [0.05, 0.1) is 12.8 Å². The molecule has 1 aliphatic carbocycles. The second-order valence-corrected chi connectivity index (χ2v) is 5.74. The molecule has 0 radical (unpaired) electrons. The summed E-state index contributed by atoms with van der Waals surface area (Å²) in [6, 6.07) is 11.2. The molecule has 106 valence electrons. The molecule has 1 aliphatic rings. The zero-order valence-corrected chi connectivity index (χ0v) is 12.2. The molecule has 1 N–H and O–H groups in total. The van der Waals surface area contributed by atoms with Gasteiger partial charge in [0.25, 0.3) is 0 Å². The minimum Gasteiger partial charge on any atom is -0.467 e. The highest BCUT2D eigenvalue weighted by molar-refractivity contribution is 5.65. The van der Waals surface area contributed by atoms with Gasteiger partial charge in [0.1, 0.15) is 5.76 Å². The summed E-state index contributed by atoms with van der Waals surface area (Å²) in [6.45, 7) is 0.771. The third-order valence-corrected chi connectivity index (χ3v) is 4.38. The molecule has 0 saturated heterocycles. The summed E-state index contributed by atoms with van der Waals surface area (Å²) in [5.41, 5.74) is 3.96. The molecule has 1 saturated carbocycles. The summed E-state index contributed by atoms with van der Waals surface area (Å²) in [5, 5.41) is 3.15. The first kappa shape index (κ1) is 13.4. The highest BCUT2D eigenvalue weighted by atomic mass is 16.3. The van der Waals surface area contributed by atoms with Crippen LogP contribution in [0, 0.1) is 0 Å². The molecular weight excluding hydrogens is 246 g/mol. The van der Waals surface area contributed by atoms with E-state index in [9.17, 15) is 0 Å². The van der Waals surface area contributed by atoms with Gasteiger partial charge in [-0.05, 0) is 43.0 Å². The lowest BCUT2D eigenvalue weighted by Gasteiger charge is -2.22. The first-order valence-corrected chi connectivity index (χ1v) is 7.70. The predicted octanol–water partition coefficient (Wildman–Crippen LogP) is 4.71. The molecule has 0 amide bonds. The smallest absolute Gasteiger partial charge is 0.125 e. The van der Waals surface area contributed by atoms with Gasteiger partial charge in [-0.1, -0.05) is 43.5 Å². The Morgan fingerprint density at radius 3 is 2.50 bits per heavy atom. The van der Waals surface area contributed by atoms with Gasteiger partial charge in [-0.15, -0.1) is 0 Å². The van der Waals surface area contributed by atoms with Crippen LogP contribution in [0.4, 0.5) is 0 Å². The average Bonchev–Trinajstić information content (AvgIpc) is 2.97. The van der Waals surface area contributed by atoms with Crippen LogP contribution in [0.25, 0.3) is 11.1 Å². The Morgan fingerprint density at radius 2 is 1.80 bits per heavy atom. The van der Waals surface area contributed by atoms with E-state index in [1.54, 1.807) is 6.26 Å². The van der Waals surface area contributed by atoms with Gasteiger partial charge in [0.2, 0.25) is 0 Å². The monoisotopic (exact) mass is 269 g/mol. The maximum Gasteiger partial charge on any atom is 0.125 e. The number of benzene rings is 1. The zero-order chi connectivity index (χ0) is 13.8. The number of hydrogen-bond acceptors (Lipinski definition) is 2. The predicted molar refractivity (Wildman–Crippen MR) is 82.7 cm³/mol. The van der Waals surface area contributed by atoms with Crippen molar-refractivity contribution in [2.45, 2.75) is 44.6 Å². The first-order chi connectivity index (χ1) is 9.88. The van der Waals surface area contributed by atoms with Crippen LogP contribution in [0.2, 0.25) is 0 Å². The molecule has 0 bridgehead atoms. The van der Waals surface area contributed by atoms with Crippen LogP contribution in [0.5, 0.6) is 0 Å². The van der Waals surface area contributed by atoms with Crippen molar-refractivity contribution in [1.29, 1.82) is 0 Å². The van der Waals surface area contributed by atoms with Crippen molar-refractivity contribution < 1.29 is 4.42 Å². The molecule has 3 rings (SSSR count). The fraction of sp³-hybridized carbons (Fsp3) is 0.444. The van der Waals surface area contributed by atoms with Crippen molar-refractivity contribution in [2.75, 3.05) is 7.05 Å². The lowest BCUT2D eigenvalue weighted by Crippen LogP contribution is -2.05. The Bertz CT molecular complexity index is 535. The van der Waals surface area contributed by atoms with Crippen molar-refractivity contribution in [1.82, 2.24) is 5.32 Å². The summed E-state index contributed by atoms with van der Waals surface area (Å²) in [7, 11) is 1.94. The van der Waals surface area contributed by atoms with Crippen molar-refractivity contribution >= 4 is 0 Å². The van der Waals surface area contributed by atoms with Crippen molar-refractivity contribution in [3.8, 4) is 11.1 Å². The summed E-state index contributed by atoms with van der Waals surface area (Å²) in [4.78, 5) is 0. The van der Waals surface area contributed by atoms with E-state index in [-0.39, 0.29) is 0 Å². The number of hydrogen-bond donors (Lipinski definition) is 1. The van der Waals surface area contributed by atoms with Crippen LogP contribution in [0.3, 0.4) is 0 Å². The molecule has 0 aliphatic heterocycles. The molecule has 1 fully saturated rings. The normalized spacial score (nSPS) is 16.4. The van der Waals surface area contributed by atoms with E-state index in [1.165, 1.54) is 48.8 Å². The van der Waals surface area contributed by atoms with E-state index >= 15 is 0 Å². The summed E-state index contributed by atoms with van der Waals surface area (Å²) < 4.78 is 5.54. The van der Waals surface area contributed by atoms with Crippen LogP contribution in [-0.4, -0.2) is 7.05 Å². The van der Waals surface area contributed by atoms with Gasteiger partial charge in [0, 0.05) is 5.56 Å². The van der Waals surface area contributed by atoms with E-state index in [1.807, 2.05) is 7.05 Å². The van der Waals surface area contributed by atoms with E-state index in [0.717, 1.165) is 18.2 Å². The Labute approximate surface area is 121 Å². The van der Waals surface area contributed by atoms with Gasteiger partial charge in [-0.25, -0.2) is 0 Å². The topological polar surface area (TPSA) is 25.2 Å². The Hall–Kier alpha value is -1.54. The van der Waals surface area contributed by atoms with E-state index in [0.29, 0.717) is 0 Å². The SMILES string of the molecule is CNCc1occc1-c1ccc(C2CCCCC2)cc1. The maximum atomic E-state index is 5.54. The van der Waals surface area contributed by atoms with Crippen LogP contribution in [-0.2, 0) is 6.54 Å². The largest absolute Gasteiger partial charge is 0.467 e. The molecule has 1 aromatic carbocycles. The standard InChI is InChI=1S/C18H23NO/c1-19-13-18-17(11-12-20-18)16-9-7-15(8-10-16)14-5-3-2-4-6-14/h7-12,14,19H,2-6,13H2,1H3. The Kier molecular flexibility index (Phi) is 4.22. The molecular formula is C18H23NO. The summed E-state index contributed by atoms with van der Waals surface area (Å²) >= 11 is 0. The number of furan rings is 1. The van der Waals surface area contributed by atoms with Crippen molar-refractivity contribution in [2.24, 2.45) is 0 Å². The summed E-state index contributed by atoms with van der Waals surface area (Å²) in [6.07, 6.45) is 8.68. The quantitative estimate of drug-likeness (QED) is 0.869. The Balaban J connectivity index is 1.79. The first-order valence-electron chi connectivity index (χ1n) is 7.70. The van der Waals surface area contributed by atoms with E-state index in [4.69, 9.17) is 4.42 Å². The molecule has 2 aromatic rings. The lowest BCUT2D eigenvalue weighted by molar-refractivity contribution is 0.443. The second-order valence-electron chi connectivity index (χ2n) is 5.74. The van der Waals surface area contributed by atoms with Gasteiger partial charge >= 0.3 is 0 Å². The molecule has 2 heteroatoms. The fourth-order valence-corrected chi connectivity index (χ4v) is 3.27. The minimum atomic E-state index is 0.771. The van der Waals surface area contributed by atoms with Gasteiger partial charge in [-0.2, -0.15) is 0 Å². The molecule has 1 heterocycles.